The van der Waals surface area contributed by atoms with E-state index in [2.05, 4.69) is 35.2 Å². The molecular weight excluding hydrogens is 446 g/mol. The summed E-state index contributed by atoms with van der Waals surface area (Å²) in [5.41, 5.74) is 2.56. The lowest BCUT2D eigenvalue weighted by Crippen LogP contribution is -2.30. The molecule has 12 heteroatoms. The monoisotopic (exact) mass is 472 g/mol. The smallest absolute Gasteiger partial charge is 0.256 e. The number of aromatic amines is 1. The van der Waals surface area contributed by atoms with Gasteiger partial charge in [-0.1, -0.05) is 0 Å². The lowest BCUT2D eigenvalue weighted by molar-refractivity contribution is 0.00719. The van der Waals surface area contributed by atoms with Crippen molar-refractivity contribution in [1.82, 2.24) is 34.5 Å². The van der Waals surface area contributed by atoms with E-state index in [0.717, 1.165) is 36.6 Å². The van der Waals surface area contributed by atoms with Gasteiger partial charge in [0.25, 0.3) is 6.43 Å². The second-order valence-corrected chi connectivity index (χ2v) is 8.43. The summed E-state index contributed by atoms with van der Waals surface area (Å²) >= 11 is 0. The number of aliphatic hydroxyl groups excluding tert-OH is 1. The highest BCUT2D eigenvalue weighted by atomic mass is 19.3. The number of imidazole rings is 1. The van der Waals surface area contributed by atoms with Crippen molar-refractivity contribution in [1.29, 1.82) is 0 Å². The first-order valence-corrected chi connectivity index (χ1v) is 11.3. The van der Waals surface area contributed by atoms with Gasteiger partial charge in [-0.2, -0.15) is 4.98 Å². The van der Waals surface area contributed by atoms with Crippen LogP contribution < -0.4 is 5.32 Å². The number of halogens is 2. The van der Waals surface area contributed by atoms with E-state index in [-0.39, 0.29) is 18.8 Å². The first-order chi connectivity index (χ1) is 16.5. The average Bonchev–Trinajstić information content (AvgIpc) is 3.38. The van der Waals surface area contributed by atoms with Crippen LogP contribution in [0.3, 0.4) is 0 Å². The number of fused-ring (bicyclic) bond motifs is 2. The molecule has 4 heterocycles. The number of rotatable bonds is 8. The number of aliphatic hydroxyl groups is 1. The van der Waals surface area contributed by atoms with Crippen molar-refractivity contribution in [3.05, 3.63) is 24.4 Å². The average molecular weight is 473 g/mol. The van der Waals surface area contributed by atoms with E-state index < -0.39 is 13.0 Å². The third kappa shape index (κ3) is 4.55. The fourth-order valence-corrected chi connectivity index (χ4v) is 4.45. The molecule has 5 rings (SSSR count). The molecule has 0 radical (unpaired) electrons. The second-order valence-electron chi connectivity index (χ2n) is 8.43. The van der Waals surface area contributed by atoms with Gasteiger partial charge in [0.15, 0.2) is 11.3 Å². The minimum Gasteiger partial charge on any atom is -0.394 e. The highest BCUT2D eigenvalue weighted by molar-refractivity contribution is 5.93. The molecule has 0 bridgehead atoms. The number of hydrogen-bond acceptors (Lipinski definition) is 8. The molecule has 0 saturated heterocycles. The number of ether oxygens (including phenoxy) is 1. The minimum atomic E-state index is -2.52. The summed E-state index contributed by atoms with van der Waals surface area (Å²) in [6, 6.07) is 0.257. The topological polar surface area (TPSA) is 127 Å². The Morgan fingerprint density at radius 2 is 2.00 bits per heavy atom. The summed E-state index contributed by atoms with van der Waals surface area (Å²) in [5.74, 6) is 0.979. The molecule has 34 heavy (non-hydrogen) atoms. The third-order valence-electron chi connectivity index (χ3n) is 6.13. The zero-order chi connectivity index (χ0) is 23.7. The van der Waals surface area contributed by atoms with Gasteiger partial charge in [0, 0.05) is 29.4 Å². The molecule has 1 fully saturated rings. The summed E-state index contributed by atoms with van der Waals surface area (Å²) in [7, 11) is 0. The fourth-order valence-electron chi connectivity index (χ4n) is 4.45. The quantitative estimate of drug-likeness (QED) is 0.357. The molecule has 0 aromatic carbocycles. The van der Waals surface area contributed by atoms with E-state index in [9.17, 15) is 8.78 Å². The van der Waals surface area contributed by atoms with Gasteiger partial charge in [0.05, 0.1) is 37.8 Å². The largest absolute Gasteiger partial charge is 0.394 e. The molecule has 10 nitrogen and oxygen atoms in total. The normalized spacial score (nSPS) is 18.9. The van der Waals surface area contributed by atoms with Crippen LogP contribution >= 0.6 is 0 Å². The molecular formula is C22H26F2N8O2. The van der Waals surface area contributed by atoms with Crippen molar-refractivity contribution in [2.75, 3.05) is 18.5 Å². The van der Waals surface area contributed by atoms with Crippen molar-refractivity contribution in [2.24, 2.45) is 0 Å². The fraction of sp³-hybridized carbons (Fsp3) is 0.500. The molecule has 1 aliphatic carbocycles. The van der Waals surface area contributed by atoms with Crippen LogP contribution in [0.15, 0.2) is 18.6 Å². The first kappa shape index (κ1) is 22.5. The molecule has 0 spiro atoms. The lowest BCUT2D eigenvalue weighted by Gasteiger charge is -2.28. The minimum absolute atomic E-state index is 0.0442. The Bertz CT molecular complexity index is 1280. The predicted octanol–water partition coefficient (Wildman–Crippen LogP) is 3.07. The number of aryl methyl sites for hydroxylation is 1. The van der Waals surface area contributed by atoms with Gasteiger partial charge in [0.1, 0.15) is 11.5 Å². The maximum Gasteiger partial charge on any atom is 0.256 e. The molecule has 1 aliphatic rings. The van der Waals surface area contributed by atoms with Crippen LogP contribution in [0.1, 0.15) is 31.5 Å². The van der Waals surface area contributed by atoms with E-state index in [0.29, 0.717) is 41.0 Å². The van der Waals surface area contributed by atoms with Crippen LogP contribution in [0.2, 0.25) is 0 Å². The maximum atomic E-state index is 13.0. The third-order valence-corrected chi connectivity index (χ3v) is 6.13. The van der Waals surface area contributed by atoms with Crippen molar-refractivity contribution >= 4 is 28.3 Å². The summed E-state index contributed by atoms with van der Waals surface area (Å²) in [4.78, 5) is 25.4. The van der Waals surface area contributed by atoms with E-state index in [1.165, 1.54) is 4.57 Å². The van der Waals surface area contributed by atoms with Crippen LogP contribution in [0, 0.1) is 6.92 Å². The first-order valence-electron chi connectivity index (χ1n) is 11.3. The summed E-state index contributed by atoms with van der Waals surface area (Å²) in [5, 5.41) is 13.1. The van der Waals surface area contributed by atoms with Crippen LogP contribution in [0.25, 0.3) is 33.6 Å². The van der Waals surface area contributed by atoms with Crippen LogP contribution in [-0.4, -0.2) is 71.4 Å². The predicted molar refractivity (Wildman–Crippen MR) is 122 cm³/mol. The molecule has 3 N–H and O–H groups in total. The highest BCUT2D eigenvalue weighted by Crippen LogP contribution is 2.28. The number of hydrogen-bond donors (Lipinski definition) is 3. The van der Waals surface area contributed by atoms with Crippen molar-refractivity contribution in [2.45, 2.75) is 57.7 Å². The second kappa shape index (κ2) is 9.55. The van der Waals surface area contributed by atoms with Crippen molar-refractivity contribution < 1.29 is 18.6 Å². The van der Waals surface area contributed by atoms with Crippen LogP contribution in [0.4, 0.5) is 14.7 Å². The summed E-state index contributed by atoms with van der Waals surface area (Å²) < 4.78 is 33.0. The zero-order valence-electron chi connectivity index (χ0n) is 18.7. The molecule has 180 valence electrons. The number of alkyl halides is 2. The van der Waals surface area contributed by atoms with Gasteiger partial charge in [-0.05, 0) is 32.6 Å². The standard InChI is InChI=1S/C22H26F2N8O2/c1-12-28-20-21(32(12)11-18(23)24)30-17(10-26-20)15-8-25-19-16(15)9-27-22(31-19)29-13-2-4-14(5-3-13)34-7-6-33/h8-10,13-14,18,33H,2-7,11H2,1H3,(H2,25,27,29,31)/t13-,14-. The van der Waals surface area contributed by atoms with E-state index in [1.807, 2.05) is 0 Å². The van der Waals surface area contributed by atoms with Gasteiger partial charge in [0.2, 0.25) is 5.95 Å². The van der Waals surface area contributed by atoms with Gasteiger partial charge >= 0.3 is 0 Å². The molecule has 0 aliphatic heterocycles. The summed E-state index contributed by atoms with van der Waals surface area (Å²) in [6.45, 7) is 1.60. The number of nitrogens with zero attached hydrogens (tertiary/aromatic N) is 6. The molecule has 4 aromatic rings. The maximum absolute atomic E-state index is 13.0. The molecule has 0 unspecified atom stereocenters. The summed E-state index contributed by atoms with van der Waals surface area (Å²) in [6.07, 6.45) is 6.47. The molecule has 0 atom stereocenters. The van der Waals surface area contributed by atoms with E-state index in [4.69, 9.17) is 9.84 Å². The van der Waals surface area contributed by atoms with Crippen molar-refractivity contribution in [3.8, 4) is 11.3 Å². The molecule has 4 aromatic heterocycles. The van der Waals surface area contributed by atoms with Gasteiger partial charge in [-0.15, -0.1) is 0 Å². The number of aromatic nitrogens is 7. The number of H-pyrrole nitrogens is 1. The Kier molecular flexibility index (Phi) is 6.33. The molecule has 1 saturated carbocycles. The Labute approximate surface area is 193 Å². The van der Waals surface area contributed by atoms with E-state index in [1.54, 1.807) is 25.5 Å². The zero-order valence-corrected chi connectivity index (χ0v) is 18.7. The van der Waals surface area contributed by atoms with Gasteiger partial charge < -0.3 is 24.7 Å². The van der Waals surface area contributed by atoms with Crippen LogP contribution in [0.5, 0.6) is 0 Å². The SMILES string of the molecule is Cc1nc2ncc(-c3c[nH]c4nc(N[C@H]5CC[C@H](OCCO)CC5)ncc34)nc2n1CC(F)F. The van der Waals surface area contributed by atoms with Crippen molar-refractivity contribution in [3.63, 3.8) is 0 Å². The number of anilines is 1. The van der Waals surface area contributed by atoms with Gasteiger partial charge in [-0.25, -0.2) is 28.7 Å². The van der Waals surface area contributed by atoms with E-state index >= 15 is 0 Å². The van der Waals surface area contributed by atoms with Gasteiger partial charge in [-0.3, -0.25) is 0 Å². The Balaban J connectivity index is 1.35. The Morgan fingerprint density at radius 3 is 2.76 bits per heavy atom. The lowest BCUT2D eigenvalue weighted by atomic mass is 9.93. The number of nitrogens with one attached hydrogen (secondary N) is 2. The van der Waals surface area contributed by atoms with Crippen LogP contribution in [-0.2, 0) is 11.3 Å². The Morgan fingerprint density at radius 1 is 1.18 bits per heavy atom. The Hall–Kier alpha value is -3.25. The highest BCUT2D eigenvalue weighted by Gasteiger charge is 2.22. The molecule has 0 amide bonds.